The minimum Gasteiger partial charge on any atom is -0.466 e. The molecule has 0 aromatic heterocycles. The third-order valence-electron chi connectivity index (χ3n) is 4.58. The predicted octanol–water partition coefficient (Wildman–Crippen LogP) is 2.19. The molecule has 0 bridgehead atoms. The van der Waals surface area contributed by atoms with Crippen molar-refractivity contribution in [3.8, 4) is 0 Å². The summed E-state index contributed by atoms with van der Waals surface area (Å²) in [4.78, 5) is 40.5. The fourth-order valence-corrected chi connectivity index (χ4v) is 3.44. The number of amides is 2. The molecule has 142 valence electrons. The maximum atomic E-state index is 12.4. The zero-order valence-corrected chi connectivity index (χ0v) is 15.7. The van der Waals surface area contributed by atoms with Gasteiger partial charge in [0, 0.05) is 26.1 Å². The van der Waals surface area contributed by atoms with Crippen molar-refractivity contribution in [2.75, 3.05) is 26.2 Å². The number of esters is 1. The van der Waals surface area contributed by atoms with Crippen molar-refractivity contribution in [2.45, 2.75) is 65.0 Å². The molecular formula is C18H30N2O5. The van der Waals surface area contributed by atoms with E-state index in [0.29, 0.717) is 39.1 Å². The fraction of sp³-hybridized carbons (Fsp3) is 0.833. The van der Waals surface area contributed by atoms with Gasteiger partial charge in [0.25, 0.3) is 0 Å². The first-order valence-electron chi connectivity index (χ1n) is 9.17. The molecule has 2 rings (SSSR count). The molecule has 0 spiro atoms. The van der Waals surface area contributed by atoms with Crippen molar-refractivity contribution < 1.29 is 23.9 Å². The van der Waals surface area contributed by atoms with Crippen molar-refractivity contribution >= 4 is 18.0 Å². The number of carbonyl (C=O) groups is 3. The molecule has 7 heteroatoms. The van der Waals surface area contributed by atoms with E-state index >= 15 is 0 Å². The molecule has 2 fully saturated rings. The summed E-state index contributed by atoms with van der Waals surface area (Å²) in [6.45, 7) is 8.91. The predicted molar refractivity (Wildman–Crippen MR) is 91.9 cm³/mol. The molecule has 2 atom stereocenters. The Balaban J connectivity index is 2.15. The number of nitrogens with zero attached hydrogens (tertiary/aromatic N) is 2. The maximum absolute atomic E-state index is 12.4. The average Bonchev–Trinajstić information content (AvgIpc) is 2.53. The standard InChI is InChI=1S/C18H30N2O5/c1-5-24-16(22)13-9-11-19(17(23)25-18(2,3)4)12-14(13)20-10-7-6-8-15(20)21/h13-14H,5-12H2,1-4H3. The first kappa shape index (κ1) is 19.5. The van der Waals surface area contributed by atoms with Gasteiger partial charge in [0.1, 0.15) is 5.60 Å². The van der Waals surface area contributed by atoms with Crippen LogP contribution >= 0.6 is 0 Å². The zero-order valence-electron chi connectivity index (χ0n) is 15.7. The van der Waals surface area contributed by atoms with Gasteiger partial charge in [0.15, 0.2) is 0 Å². The molecule has 2 saturated heterocycles. The van der Waals surface area contributed by atoms with E-state index in [4.69, 9.17) is 9.47 Å². The molecular weight excluding hydrogens is 324 g/mol. The zero-order chi connectivity index (χ0) is 18.6. The van der Waals surface area contributed by atoms with Crippen LogP contribution in [0.2, 0.25) is 0 Å². The second-order valence-corrected chi connectivity index (χ2v) is 7.69. The topological polar surface area (TPSA) is 76.2 Å². The molecule has 25 heavy (non-hydrogen) atoms. The molecule has 0 radical (unpaired) electrons. The smallest absolute Gasteiger partial charge is 0.410 e. The molecule has 0 aliphatic carbocycles. The number of ether oxygens (including phenoxy) is 2. The van der Waals surface area contributed by atoms with Crippen molar-refractivity contribution in [3.05, 3.63) is 0 Å². The normalized spacial score (nSPS) is 24.9. The summed E-state index contributed by atoms with van der Waals surface area (Å²) in [6.07, 6.45) is 2.38. The third kappa shape index (κ3) is 5.09. The van der Waals surface area contributed by atoms with Gasteiger partial charge in [0.2, 0.25) is 5.91 Å². The number of hydrogen-bond donors (Lipinski definition) is 0. The van der Waals surface area contributed by atoms with Crippen LogP contribution in [-0.2, 0) is 19.1 Å². The quantitative estimate of drug-likeness (QED) is 0.726. The Morgan fingerprint density at radius 3 is 2.52 bits per heavy atom. The molecule has 0 saturated carbocycles. The molecule has 2 aliphatic heterocycles. The first-order chi connectivity index (χ1) is 11.7. The van der Waals surface area contributed by atoms with E-state index < -0.39 is 11.7 Å². The van der Waals surface area contributed by atoms with E-state index in [-0.39, 0.29) is 23.8 Å². The highest BCUT2D eigenvalue weighted by Crippen LogP contribution is 2.28. The number of hydrogen-bond acceptors (Lipinski definition) is 5. The maximum Gasteiger partial charge on any atom is 0.410 e. The Hall–Kier alpha value is -1.79. The van der Waals surface area contributed by atoms with E-state index in [9.17, 15) is 14.4 Å². The minimum absolute atomic E-state index is 0.0524. The van der Waals surface area contributed by atoms with Crippen LogP contribution < -0.4 is 0 Å². The average molecular weight is 354 g/mol. The van der Waals surface area contributed by atoms with Crippen molar-refractivity contribution in [2.24, 2.45) is 5.92 Å². The van der Waals surface area contributed by atoms with Crippen LogP contribution in [-0.4, -0.2) is 65.7 Å². The molecule has 2 heterocycles. The molecule has 7 nitrogen and oxygen atoms in total. The van der Waals surface area contributed by atoms with E-state index in [1.807, 2.05) is 20.8 Å². The van der Waals surface area contributed by atoms with Crippen LogP contribution in [0.4, 0.5) is 4.79 Å². The highest BCUT2D eigenvalue weighted by molar-refractivity contribution is 5.80. The lowest BCUT2D eigenvalue weighted by molar-refractivity contribution is -0.155. The van der Waals surface area contributed by atoms with Gasteiger partial charge in [-0.1, -0.05) is 0 Å². The Kier molecular flexibility index (Phi) is 6.30. The van der Waals surface area contributed by atoms with Gasteiger partial charge in [0.05, 0.1) is 18.6 Å². The summed E-state index contributed by atoms with van der Waals surface area (Å²) in [7, 11) is 0. The summed E-state index contributed by atoms with van der Waals surface area (Å²) in [5, 5.41) is 0. The summed E-state index contributed by atoms with van der Waals surface area (Å²) in [6, 6.07) is -0.340. The lowest BCUT2D eigenvalue weighted by atomic mass is 9.89. The lowest BCUT2D eigenvalue weighted by Crippen LogP contribution is -2.59. The third-order valence-corrected chi connectivity index (χ3v) is 4.58. The number of carbonyl (C=O) groups excluding carboxylic acids is 3. The van der Waals surface area contributed by atoms with Gasteiger partial charge in [-0.15, -0.1) is 0 Å². The Bertz CT molecular complexity index is 514. The number of likely N-dealkylation sites (tertiary alicyclic amines) is 2. The summed E-state index contributed by atoms with van der Waals surface area (Å²) < 4.78 is 10.7. The van der Waals surface area contributed by atoms with E-state index in [1.165, 1.54) is 0 Å². The molecule has 2 amide bonds. The highest BCUT2D eigenvalue weighted by Gasteiger charge is 2.42. The van der Waals surface area contributed by atoms with Crippen LogP contribution in [0, 0.1) is 5.92 Å². The van der Waals surface area contributed by atoms with Crippen LogP contribution in [0.15, 0.2) is 0 Å². The van der Waals surface area contributed by atoms with Crippen LogP contribution in [0.5, 0.6) is 0 Å². The van der Waals surface area contributed by atoms with Gasteiger partial charge in [-0.3, -0.25) is 9.59 Å². The second kappa shape index (κ2) is 8.06. The number of piperidine rings is 2. The monoisotopic (exact) mass is 354 g/mol. The second-order valence-electron chi connectivity index (χ2n) is 7.69. The van der Waals surface area contributed by atoms with Crippen molar-refractivity contribution in [1.29, 1.82) is 0 Å². The van der Waals surface area contributed by atoms with E-state index in [2.05, 4.69) is 0 Å². The Morgan fingerprint density at radius 2 is 1.92 bits per heavy atom. The van der Waals surface area contributed by atoms with Crippen LogP contribution in [0.1, 0.15) is 53.4 Å². The molecule has 0 aromatic rings. The molecule has 0 N–H and O–H groups in total. The highest BCUT2D eigenvalue weighted by atomic mass is 16.6. The fourth-order valence-electron chi connectivity index (χ4n) is 3.44. The Morgan fingerprint density at radius 1 is 1.20 bits per heavy atom. The number of rotatable bonds is 3. The molecule has 2 unspecified atom stereocenters. The largest absolute Gasteiger partial charge is 0.466 e. The summed E-state index contributed by atoms with van der Waals surface area (Å²) >= 11 is 0. The molecule has 2 aliphatic rings. The minimum atomic E-state index is -0.578. The SMILES string of the molecule is CCOC(=O)C1CCN(C(=O)OC(C)(C)C)CC1N1CCCCC1=O. The Labute approximate surface area is 149 Å². The van der Waals surface area contributed by atoms with Crippen LogP contribution in [0.3, 0.4) is 0 Å². The lowest BCUT2D eigenvalue weighted by Gasteiger charge is -2.44. The molecule has 0 aromatic carbocycles. The van der Waals surface area contributed by atoms with Crippen molar-refractivity contribution in [1.82, 2.24) is 9.80 Å². The van der Waals surface area contributed by atoms with Gasteiger partial charge in [-0.2, -0.15) is 0 Å². The van der Waals surface area contributed by atoms with Gasteiger partial charge in [-0.05, 0) is 47.0 Å². The van der Waals surface area contributed by atoms with Gasteiger partial charge < -0.3 is 19.3 Å². The van der Waals surface area contributed by atoms with Gasteiger partial charge >= 0.3 is 12.1 Å². The van der Waals surface area contributed by atoms with Crippen molar-refractivity contribution in [3.63, 3.8) is 0 Å². The summed E-state index contributed by atoms with van der Waals surface area (Å²) in [5.74, 6) is -0.619. The van der Waals surface area contributed by atoms with Gasteiger partial charge in [-0.25, -0.2) is 4.79 Å². The summed E-state index contributed by atoms with van der Waals surface area (Å²) in [5.41, 5.74) is -0.578. The van der Waals surface area contributed by atoms with E-state index in [0.717, 1.165) is 12.8 Å². The first-order valence-corrected chi connectivity index (χ1v) is 9.17. The van der Waals surface area contributed by atoms with Crippen LogP contribution in [0.25, 0.3) is 0 Å². The van der Waals surface area contributed by atoms with E-state index in [1.54, 1.807) is 16.7 Å².